The van der Waals surface area contributed by atoms with Gasteiger partial charge in [0.15, 0.2) is 0 Å². The topological polar surface area (TPSA) is 30.3 Å². The number of hydrogen-bond acceptors (Lipinski definition) is 3. The maximum atomic E-state index is 8.91. The molecule has 19 heavy (non-hydrogen) atoms. The minimum Gasteiger partial charge on any atom is -0.310 e. The Kier molecular flexibility index (Phi) is 7.05. The van der Waals surface area contributed by atoms with Gasteiger partial charge in [0.05, 0.1) is 12.0 Å². The van der Waals surface area contributed by atoms with Crippen molar-refractivity contribution in [1.82, 2.24) is 9.47 Å². The zero-order chi connectivity index (χ0) is 14.3. The van der Waals surface area contributed by atoms with Crippen LogP contribution in [-0.2, 0) is 0 Å². The summed E-state index contributed by atoms with van der Waals surface area (Å²) in [4.78, 5) is 2.45. The van der Waals surface area contributed by atoms with E-state index in [0.29, 0.717) is 0 Å². The zero-order valence-corrected chi connectivity index (χ0v) is 14.3. The first-order chi connectivity index (χ1) is 8.99. The Bertz CT molecular complexity index is 298. The van der Waals surface area contributed by atoms with Crippen LogP contribution in [0.15, 0.2) is 0 Å². The second-order valence-corrected chi connectivity index (χ2v) is 11.4. The lowest BCUT2D eigenvalue weighted by Gasteiger charge is -2.33. The van der Waals surface area contributed by atoms with Crippen LogP contribution in [-0.4, -0.2) is 44.0 Å². The van der Waals surface area contributed by atoms with Crippen LogP contribution in [0.3, 0.4) is 0 Å². The van der Waals surface area contributed by atoms with Crippen LogP contribution in [0.2, 0.25) is 19.1 Å². The van der Waals surface area contributed by atoms with Crippen LogP contribution in [0.4, 0.5) is 0 Å². The molecule has 0 radical (unpaired) electrons. The molecule has 0 aliphatic carbocycles. The third-order valence-electron chi connectivity index (χ3n) is 4.31. The van der Waals surface area contributed by atoms with E-state index in [1.54, 1.807) is 0 Å². The van der Waals surface area contributed by atoms with Crippen molar-refractivity contribution in [2.24, 2.45) is 5.92 Å². The zero-order valence-electron chi connectivity index (χ0n) is 13.3. The van der Waals surface area contributed by atoms with E-state index in [1.165, 1.54) is 38.3 Å². The molecule has 1 fully saturated rings. The van der Waals surface area contributed by atoms with Crippen molar-refractivity contribution in [2.75, 3.05) is 26.3 Å². The van der Waals surface area contributed by atoms with Gasteiger partial charge in [0, 0.05) is 26.3 Å². The number of hydrogen-bond donors (Lipinski definition) is 0. The smallest absolute Gasteiger partial charge is 0.123 e. The summed E-state index contributed by atoms with van der Waals surface area (Å²) in [6.45, 7) is 13.7. The first-order valence-electron chi connectivity index (χ1n) is 7.86. The van der Waals surface area contributed by atoms with E-state index >= 15 is 0 Å². The van der Waals surface area contributed by atoms with Gasteiger partial charge < -0.3 is 4.57 Å². The van der Waals surface area contributed by atoms with Crippen molar-refractivity contribution in [3.05, 3.63) is 0 Å². The molecule has 1 saturated heterocycles. The van der Waals surface area contributed by atoms with Gasteiger partial charge >= 0.3 is 0 Å². The van der Waals surface area contributed by atoms with Gasteiger partial charge in [-0.05, 0) is 13.0 Å². The molecule has 0 aromatic heterocycles. The van der Waals surface area contributed by atoms with Gasteiger partial charge in [-0.25, -0.2) is 0 Å². The molecule has 0 spiro atoms. The van der Waals surface area contributed by atoms with E-state index < -0.39 is 8.24 Å². The van der Waals surface area contributed by atoms with Gasteiger partial charge in [0.2, 0.25) is 0 Å². The maximum Gasteiger partial charge on any atom is 0.123 e. The Morgan fingerprint density at radius 2 is 1.95 bits per heavy atom. The molecule has 4 heteroatoms. The van der Waals surface area contributed by atoms with E-state index in [4.69, 9.17) is 5.26 Å². The molecule has 3 nitrogen and oxygen atoms in total. The fourth-order valence-electron chi connectivity index (χ4n) is 2.86. The molecular formula is C15H31N3Si. The van der Waals surface area contributed by atoms with Crippen LogP contribution in [0.5, 0.6) is 0 Å². The highest BCUT2D eigenvalue weighted by atomic mass is 28.3. The number of nitriles is 1. The Hall–Kier alpha value is -0.373. The number of nitrogens with zero attached hydrogens (tertiary/aromatic N) is 3. The number of unbranched alkanes of at least 4 members (excludes halogenated alkanes) is 3. The third-order valence-corrected chi connectivity index (χ3v) is 7.96. The molecule has 1 atom stereocenters. The molecule has 0 aromatic carbocycles. The summed E-state index contributed by atoms with van der Waals surface area (Å²) in [5.74, 6) is 0.161. The van der Waals surface area contributed by atoms with Gasteiger partial charge in [0.25, 0.3) is 0 Å². The van der Waals surface area contributed by atoms with Gasteiger partial charge in [-0.1, -0.05) is 45.7 Å². The lowest BCUT2D eigenvalue weighted by molar-refractivity contribution is 0.282. The van der Waals surface area contributed by atoms with Crippen LogP contribution in [0.25, 0.3) is 0 Å². The molecule has 0 amide bonds. The third kappa shape index (κ3) is 5.64. The highest BCUT2D eigenvalue weighted by molar-refractivity contribution is 6.74. The second-order valence-electron chi connectivity index (χ2n) is 6.64. The average molecular weight is 282 g/mol. The lowest BCUT2D eigenvalue weighted by atomic mass is 10.2. The lowest BCUT2D eigenvalue weighted by Crippen LogP contribution is -2.48. The SMILES string of the molecule is CCCCCC[Si](C)(C)N1CCN(CC(C)C#N)C1. The van der Waals surface area contributed by atoms with Gasteiger partial charge in [-0.2, -0.15) is 5.26 Å². The normalized spacial score (nSPS) is 19.5. The minimum atomic E-state index is -1.21. The standard InChI is InChI=1S/C15H31N3Si/c1-5-6-7-8-11-19(3,4)18-10-9-17(14-18)13-15(2)12-16/h15H,5-11,13-14H2,1-4H3. The first-order valence-corrected chi connectivity index (χ1v) is 11.0. The van der Waals surface area contributed by atoms with Gasteiger partial charge in [-0.3, -0.25) is 4.90 Å². The molecule has 0 N–H and O–H groups in total. The molecule has 0 bridgehead atoms. The average Bonchev–Trinajstić information content (AvgIpc) is 2.84. The second kappa shape index (κ2) is 8.03. The largest absolute Gasteiger partial charge is 0.310 e. The Balaban J connectivity index is 2.33. The van der Waals surface area contributed by atoms with Crippen molar-refractivity contribution in [3.8, 4) is 6.07 Å². The van der Waals surface area contributed by atoms with Crippen molar-refractivity contribution in [3.63, 3.8) is 0 Å². The van der Waals surface area contributed by atoms with Gasteiger partial charge in [0.1, 0.15) is 8.24 Å². The summed E-state index contributed by atoms with van der Waals surface area (Å²) < 4.78 is 2.73. The Labute approximate surface area is 120 Å². The van der Waals surface area contributed by atoms with Crippen molar-refractivity contribution >= 4 is 8.24 Å². The molecule has 1 heterocycles. The molecule has 1 aliphatic rings. The first kappa shape index (κ1) is 16.7. The predicted octanol–water partition coefficient (Wildman–Crippen LogP) is 3.51. The van der Waals surface area contributed by atoms with E-state index in [-0.39, 0.29) is 5.92 Å². The van der Waals surface area contributed by atoms with E-state index in [0.717, 1.165) is 19.8 Å². The van der Waals surface area contributed by atoms with E-state index in [1.807, 2.05) is 6.92 Å². The summed E-state index contributed by atoms with van der Waals surface area (Å²) in [6, 6.07) is 3.77. The van der Waals surface area contributed by atoms with Crippen LogP contribution < -0.4 is 0 Å². The fourth-order valence-corrected chi connectivity index (χ4v) is 5.58. The summed E-state index contributed by atoms with van der Waals surface area (Å²) in [5.41, 5.74) is 0. The van der Waals surface area contributed by atoms with Gasteiger partial charge in [-0.15, -0.1) is 0 Å². The predicted molar refractivity (Wildman–Crippen MR) is 84.4 cm³/mol. The molecular weight excluding hydrogens is 250 g/mol. The maximum absolute atomic E-state index is 8.91. The van der Waals surface area contributed by atoms with Crippen LogP contribution in [0.1, 0.15) is 39.5 Å². The molecule has 1 rings (SSSR count). The van der Waals surface area contributed by atoms with Crippen LogP contribution in [0, 0.1) is 17.2 Å². The van der Waals surface area contributed by atoms with E-state index in [9.17, 15) is 0 Å². The highest BCUT2D eigenvalue weighted by Gasteiger charge is 2.33. The van der Waals surface area contributed by atoms with E-state index in [2.05, 4.69) is 35.6 Å². The molecule has 1 aliphatic heterocycles. The van der Waals surface area contributed by atoms with Crippen LogP contribution >= 0.6 is 0 Å². The highest BCUT2D eigenvalue weighted by Crippen LogP contribution is 2.23. The van der Waals surface area contributed by atoms with Crippen molar-refractivity contribution in [2.45, 2.75) is 58.7 Å². The van der Waals surface area contributed by atoms with Crippen molar-refractivity contribution < 1.29 is 0 Å². The monoisotopic (exact) mass is 281 g/mol. The molecule has 110 valence electrons. The summed E-state index contributed by atoms with van der Waals surface area (Å²) in [6.07, 6.45) is 5.51. The molecule has 0 saturated carbocycles. The summed E-state index contributed by atoms with van der Waals surface area (Å²) in [5, 5.41) is 8.91. The fraction of sp³-hybridized carbons (Fsp3) is 0.933. The van der Waals surface area contributed by atoms with Crippen molar-refractivity contribution in [1.29, 1.82) is 5.26 Å². The molecule has 1 unspecified atom stereocenters. The molecule has 0 aromatic rings. The Morgan fingerprint density at radius 1 is 1.21 bits per heavy atom. The summed E-state index contributed by atoms with van der Waals surface area (Å²) >= 11 is 0. The minimum absolute atomic E-state index is 0.161. The Morgan fingerprint density at radius 3 is 2.58 bits per heavy atom. The quantitative estimate of drug-likeness (QED) is 0.504. The number of rotatable bonds is 8. The summed E-state index contributed by atoms with van der Waals surface area (Å²) in [7, 11) is -1.21.